The van der Waals surface area contributed by atoms with Gasteiger partial charge in [0.05, 0.1) is 5.56 Å². The van der Waals surface area contributed by atoms with Crippen LogP contribution < -0.4 is 11.1 Å². The number of aromatic nitrogens is 1. The third-order valence-corrected chi connectivity index (χ3v) is 3.08. The molecule has 0 unspecified atom stereocenters. The van der Waals surface area contributed by atoms with E-state index in [1.807, 2.05) is 0 Å². The van der Waals surface area contributed by atoms with Gasteiger partial charge in [-0.3, -0.25) is 4.79 Å². The van der Waals surface area contributed by atoms with Gasteiger partial charge >= 0.3 is 0 Å². The quantitative estimate of drug-likeness (QED) is 0.848. The Labute approximate surface area is 103 Å². The van der Waals surface area contributed by atoms with E-state index in [4.69, 9.17) is 5.73 Å². The summed E-state index contributed by atoms with van der Waals surface area (Å²) in [5.41, 5.74) is 6.87. The summed E-state index contributed by atoms with van der Waals surface area (Å²) in [7, 11) is 0. The zero-order valence-corrected chi connectivity index (χ0v) is 10.0. The fourth-order valence-corrected chi connectivity index (χ4v) is 2.12. The van der Waals surface area contributed by atoms with Crippen molar-refractivity contribution in [1.29, 1.82) is 0 Å². The van der Waals surface area contributed by atoms with Crippen molar-refractivity contribution in [1.82, 2.24) is 4.98 Å². The first-order chi connectivity index (χ1) is 8.25. The largest absolute Gasteiger partial charge is 0.370 e. The average molecular weight is 247 g/mol. The Kier molecular flexibility index (Phi) is 3.72. The number of pyridine rings is 1. The maximum atomic E-state index is 10.8. The smallest absolute Gasteiger partial charge is 0.250 e. The molecule has 0 fully saturated rings. The van der Waals surface area contributed by atoms with E-state index in [0.717, 1.165) is 18.8 Å². The van der Waals surface area contributed by atoms with Gasteiger partial charge in [-0.15, -0.1) is 0 Å². The van der Waals surface area contributed by atoms with Crippen molar-refractivity contribution >= 4 is 23.1 Å². The molecule has 1 amide bonds. The van der Waals surface area contributed by atoms with E-state index in [9.17, 15) is 4.79 Å². The predicted molar refractivity (Wildman–Crippen MR) is 69.3 cm³/mol. The lowest BCUT2D eigenvalue weighted by Gasteiger charge is -2.04. The minimum atomic E-state index is -0.456. The van der Waals surface area contributed by atoms with Gasteiger partial charge in [0.2, 0.25) is 5.91 Å². The number of carbonyl (C=O) groups excluding carboxylic acids is 1. The summed E-state index contributed by atoms with van der Waals surface area (Å²) in [6, 6.07) is 5.53. The van der Waals surface area contributed by atoms with Gasteiger partial charge in [-0.05, 0) is 40.9 Å². The number of thiophene rings is 1. The minimum absolute atomic E-state index is 0.424. The number of carbonyl (C=O) groups is 1. The third-order valence-electron chi connectivity index (χ3n) is 2.35. The highest BCUT2D eigenvalue weighted by Crippen LogP contribution is 2.08. The molecule has 0 saturated carbocycles. The third kappa shape index (κ3) is 3.29. The number of primary amides is 1. The van der Waals surface area contributed by atoms with Crippen LogP contribution >= 0.6 is 11.3 Å². The van der Waals surface area contributed by atoms with Crippen molar-refractivity contribution in [3.8, 4) is 0 Å². The first-order valence-corrected chi connectivity index (χ1v) is 6.21. The van der Waals surface area contributed by atoms with Crippen molar-refractivity contribution in [3.05, 3.63) is 46.3 Å². The molecule has 0 saturated heterocycles. The number of nitrogens with one attached hydrogen (secondary N) is 1. The molecule has 3 N–H and O–H groups in total. The maximum Gasteiger partial charge on any atom is 0.250 e. The molecule has 2 aromatic rings. The number of amides is 1. The molecule has 2 heterocycles. The van der Waals surface area contributed by atoms with Crippen LogP contribution in [0.2, 0.25) is 0 Å². The van der Waals surface area contributed by atoms with E-state index >= 15 is 0 Å². The molecular weight excluding hydrogens is 234 g/mol. The summed E-state index contributed by atoms with van der Waals surface area (Å²) >= 11 is 1.70. The van der Waals surface area contributed by atoms with Gasteiger partial charge in [0.1, 0.15) is 5.82 Å². The van der Waals surface area contributed by atoms with Gasteiger partial charge in [-0.1, -0.05) is 0 Å². The summed E-state index contributed by atoms with van der Waals surface area (Å²) in [6.45, 7) is 0.819. The Bertz CT molecular complexity index is 479. The van der Waals surface area contributed by atoms with Gasteiger partial charge in [-0.25, -0.2) is 4.98 Å². The van der Waals surface area contributed by atoms with Crippen molar-refractivity contribution in [2.24, 2.45) is 5.73 Å². The monoisotopic (exact) mass is 247 g/mol. The summed E-state index contributed by atoms with van der Waals surface area (Å²) in [5.74, 6) is 0.299. The second kappa shape index (κ2) is 5.45. The van der Waals surface area contributed by atoms with Crippen LogP contribution in [0.25, 0.3) is 0 Å². The van der Waals surface area contributed by atoms with Crippen molar-refractivity contribution in [2.75, 3.05) is 11.9 Å². The highest BCUT2D eigenvalue weighted by Gasteiger charge is 2.00. The van der Waals surface area contributed by atoms with Crippen molar-refractivity contribution in [3.63, 3.8) is 0 Å². The van der Waals surface area contributed by atoms with Crippen LogP contribution in [-0.4, -0.2) is 17.4 Å². The molecule has 5 heteroatoms. The molecule has 0 aliphatic heterocycles. The number of rotatable bonds is 5. The van der Waals surface area contributed by atoms with Gasteiger partial charge in [0, 0.05) is 12.7 Å². The number of anilines is 1. The number of hydrogen-bond donors (Lipinski definition) is 2. The van der Waals surface area contributed by atoms with E-state index in [1.165, 1.54) is 11.8 Å². The highest BCUT2D eigenvalue weighted by molar-refractivity contribution is 7.07. The van der Waals surface area contributed by atoms with Crippen LogP contribution in [0, 0.1) is 0 Å². The van der Waals surface area contributed by atoms with Crippen molar-refractivity contribution < 1.29 is 4.79 Å². The van der Waals surface area contributed by atoms with E-state index in [0.29, 0.717) is 5.56 Å². The van der Waals surface area contributed by atoms with E-state index in [2.05, 4.69) is 27.1 Å². The predicted octanol–water partition coefficient (Wildman–Crippen LogP) is 1.90. The molecule has 88 valence electrons. The Hall–Kier alpha value is -1.88. The molecular formula is C12H13N3OS. The van der Waals surface area contributed by atoms with E-state index in [-0.39, 0.29) is 0 Å². The first kappa shape index (κ1) is 11.6. The molecule has 0 radical (unpaired) electrons. The van der Waals surface area contributed by atoms with E-state index < -0.39 is 5.91 Å². The Balaban J connectivity index is 1.85. The number of nitrogens with zero attached hydrogens (tertiary/aromatic N) is 1. The molecule has 2 aromatic heterocycles. The highest BCUT2D eigenvalue weighted by atomic mass is 32.1. The first-order valence-electron chi connectivity index (χ1n) is 5.26. The second-order valence-electron chi connectivity index (χ2n) is 3.60. The lowest BCUT2D eigenvalue weighted by atomic mass is 10.2. The van der Waals surface area contributed by atoms with Crippen LogP contribution in [0.1, 0.15) is 15.9 Å². The normalized spacial score (nSPS) is 10.1. The zero-order chi connectivity index (χ0) is 12.1. The van der Waals surface area contributed by atoms with E-state index in [1.54, 1.807) is 23.5 Å². The summed E-state index contributed by atoms with van der Waals surface area (Å²) in [6.07, 6.45) is 2.44. The zero-order valence-electron chi connectivity index (χ0n) is 9.22. The average Bonchev–Trinajstić information content (AvgIpc) is 2.83. The minimum Gasteiger partial charge on any atom is -0.370 e. The SMILES string of the molecule is NC(=O)c1ccc(NCCc2ccsc2)nc1. The maximum absolute atomic E-state index is 10.8. The topological polar surface area (TPSA) is 68.0 Å². The molecule has 0 atom stereocenters. The fraction of sp³-hybridized carbons (Fsp3) is 0.167. The van der Waals surface area contributed by atoms with Gasteiger partial charge < -0.3 is 11.1 Å². The molecule has 0 aromatic carbocycles. The molecule has 0 bridgehead atoms. The lowest BCUT2D eigenvalue weighted by molar-refractivity contribution is 0.1000. The van der Waals surface area contributed by atoms with Crippen LogP contribution in [0.4, 0.5) is 5.82 Å². The molecule has 2 rings (SSSR count). The van der Waals surface area contributed by atoms with Crippen molar-refractivity contribution in [2.45, 2.75) is 6.42 Å². The standard InChI is InChI=1S/C12H13N3OS/c13-12(16)10-1-2-11(15-7-10)14-5-3-9-4-6-17-8-9/h1-2,4,6-8H,3,5H2,(H2,13,16)(H,14,15). The summed E-state index contributed by atoms with van der Waals surface area (Å²) < 4.78 is 0. The Morgan fingerprint density at radius 1 is 1.41 bits per heavy atom. The van der Waals surface area contributed by atoms with Gasteiger partial charge in [0.15, 0.2) is 0 Å². The summed E-state index contributed by atoms with van der Waals surface area (Å²) in [5, 5.41) is 7.39. The Morgan fingerprint density at radius 2 is 2.29 bits per heavy atom. The van der Waals surface area contributed by atoms with Crippen LogP contribution in [-0.2, 0) is 6.42 Å². The second-order valence-corrected chi connectivity index (χ2v) is 4.38. The number of nitrogens with two attached hydrogens (primary N) is 1. The Morgan fingerprint density at radius 3 is 2.88 bits per heavy atom. The van der Waals surface area contributed by atoms with Crippen LogP contribution in [0.15, 0.2) is 35.2 Å². The van der Waals surface area contributed by atoms with Gasteiger partial charge in [0.25, 0.3) is 0 Å². The molecule has 0 aliphatic carbocycles. The number of hydrogen-bond acceptors (Lipinski definition) is 4. The van der Waals surface area contributed by atoms with Gasteiger partial charge in [-0.2, -0.15) is 11.3 Å². The lowest BCUT2D eigenvalue weighted by Crippen LogP contribution is -2.12. The fourth-order valence-electron chi connectivity index (χ4n) is 1.41. The van der Waals surface area contributed by atoms with Crippen LogP contribution in [0.5, 0.6) is 0 Å². The summed E-state index contributed by atoms with van der Waals surface area (Å²) in [4.78, 5) is 15.0. The molecule has 17 heavy (non-hydrogen) atoms. The van der Waals surface area contributed by atoms with Crippen LogP contribution in [0.3, 0.4) is 0 Å². The molecule has 4 nitrogen and oxygen atoms in total. The molecule has 0 aliphatic rings. The molecule has 0 spiro atoms.